The van der Waals surface area contributed by atoms with E-state index in [2.05, 4.69) is 5.32 Å². The van der Waals surface area contributed by atoms with E-state index in [1.807, 2.05) is 24.8 Å². The second-order valence-corrected chi connectivity index (χ2v) is 4.74. The minimum Gasteiger partial charge on any atom is -0.351 e. The molecule has 102 valence electrons. The Kier molecular flexibility index (Phi) is 6.47. The van der Waals surface area contributed by atoms with Crippen LogP contribution in [0.25, 0.3) is 0 Å². The Morgan fingerprint density at radius 3 is 2.89 bits per heavy atom. The molecular weight excluding hydrogens is 228 g/mol. The maximum Gasteiger partial charge on any atom is 0.246 e. The fraction of sp³-hybridized carbons (Fsp3) is 0.714. The molecule has 0 saturated carbocycles. The lowest BCUT2D eigenvalue weighted by Gasteiger charge is -2.20. The maximum absolute atomic E-state index is 11.7. The zero-order valence-corrected chi connectivity index (χ0v) is 11.5. The molecule has 0 radical (unpaired) electrons. The van der Waals surface area contributed by atoms with Gasteiger partial charge in [-0.05, 0) is 26.2 Å². The van der Waals surface area contributed by atoms with E-state index >= 15 is 0 Å². The highest BCUT2D eigenvalue weighted by Crippen LogP contribution is 2.10. The number of likely N-dealkylation sites (tertiary alicyclic amines) is 1. The minimum atomic E-state index is -0.0286. The van der Waals surface area contributed by atoms with Gasteiger partial charge in [0.15, 0.2) is 0 Å². The van der Waals surface area contributed by atoms with Gasteiger partial charge < -0.3 is 10.2 Å². The summed E-state index contributed by atoms with van der Waals surface area (Å²) in [7, 11) is 0. The predicted molar refractivity (Wildman–Crippen MR) is 72.1 cm³/mol. The SMILES string of the molecule is CC/C=C(/C)C(=O)NCCN1CCCCCC1=O. The first-order valence-electron chi connectivity index (χ1n) is 6.88. The first kappa shape index (κ1) is 14.7. The van der Waals surface area contributed by atoms with E-state index in [0.717, 1.165) is 37.8 Å². The van der Waals surface area contributed by atoms with Crippen LogP contribution in [0.2, 0.25) is 0 Å². The molecule has 0 atom stereocenters. The Morgan fingerprint density at radius 2 is 2.17 bits per heavy atom. The average molecular weight is 252 g/mol. The van der Waals surface area contributed by atoms with Crippen molar-refractivity contribution in [3.8, 4) is 0 Å². The number of hydrogen-bond acceptors (Lipinski definition) is 2. The average Bonchev–Trinajstić information content (AvgIpc) is 2.55. The lowest BCUT2D eigenvalue weighted by atomic mass is 10.2. The molecule has 1 fully saturated rings. The number of nitrogens with one attached hydrogen (secondary N) is 1. The van der Waals surface area contributed by atoms with Crippen LogP contribution >= 0.6 is 0 Å². The molecule has 4 heteroatoms. The van der Waals surface area contributed by atoms with Crippen molar-refractivity contribution in [2.24, 2.45) is 0 Å². The van der Waals surface area contributed by atoms with Gasteiger partial charge in [0, 0.05) is 31.6 Å². The van der Waals surface area contributed by atoms with Gasteiger partial charge in [-0.1, -0.05) is 19.4 Å². The quantitative estimate of drug-likeness (QED) is 0.759. The van der Waals surface area contributed by atoms with Crippen molar-refractivity contribution < 1.29 is 9.59 Å². The van der Waals surface area contributed by atoms with Crippen molar-refractivity contribution in [1.82, 2.24) is 10.2 Å². The summed E-state index contributed by atoms with van der Waals surface area (Å²) >= 11 is 0. The smallest absolute Gasteiger partial charge is 0.246 e. The molecule has 1 saturated heterocycles. The Labute approximate surface area is 109 Å². The molecule has 1 rings (SSSR count). The fourth-order valence-corrected chi connectivity index (χ4v) is 2.12. The zero-order chi connectivity index (χ0) is 13.4. The van der Waals surface area contributed by atoms with Gasteiger partial charge in [0.05, 0.1) is 0 Å². The summed E-state index contributed by atoms with van der Waals surface area (Å²) < 4.78 is 0. The molecule has 0 spiro atoms. The summed E-state index contributed by atoms with van der Waals surface area (Å²) in [5, 5.41) is 2.85. The Bertz CT molecular complexity index is 324. The van der Waals surface area contributed by atoms with Crippen LogP contribution in [-0.4, -0.2) is 36.3 Å². The number of allylic oxidation sites excluding steroid dienone is 1. The highest BCUT2D eigenvalue weighted by atomic mass is 16.2. The highest BCUT2D eigenvalue weighted by molar-refractivity contribution is 5.92. The molecule has 1 aliphatic heterocycles. The van der Waals surface area contributed by atoms with Gasteiger partial charge in [0.25, 0.3) is 0 Å². The Balaban J connectivity index is 2.30. The third-order valence-corrected chi connectivity index (χ3v) is 3.21. The zero-order valence-electron chi connectivity index (χ0n) is 11.5. The third-order valence-electron chi connectivity index (χ3n) is 3.21. The highest BCUT2D eigenvalue weighted by Gasteiger charge is 2.16. The number of amides is 2. The minimum absolute atomic E-state index is 0.0286. The fourth-order valence-electron chi connectivity index (χ4n) is 2.12. The molecule has 1 heterocycles. The van der Waals surface area contributed by atoms with Crippen LogP contribution in [0.1, 0.15) is 46.0 Å². The Hall–Kier alpha value is -1.32. The second kappa shape index (κ2) is 7.90. The first-order chi connectivity index (χ1) is 8.65. The molecule has 4 nitrogen and oxygen atoms in total. The van der Waals surface area contributed by atoms with Crippen molar-refractivity contribution in [2.45, 2.75) is 46.0 Å². The second-order valence-electron chi connectivity index (χ2n) is 4.74. The van der Waals surface area contributed by atoms with Crippen LogP contribution in [0.5, 0.6) is 0 Å². The summed E-state index contributed by atoms with van der Waals surface area (Å²) in [6.45, 7) is 5.82. The monoisotopic (exact) mass is 252 g/mol. The van der Waals surface area contributed by atoms with Crippen LogP contribution in [-0.2, 0) is 9.59 Å². The van der Waals surface area contributed by atoms with Crippen molar-refractivity contribution in [2.75, 3.05) is 19.6 Å². The van der Waals surface area contributed by atoms with Crippen molar-refractivity contribution in [3.63, 3.8) is 0 Å². The first-order valence-corrected chi connectivity index (χ1v) is 6.88. The van der Waals surface area contributed by atoms with Crippen LogP contribution in [0.4, 0.5) is 0 Å². The number of hydrogen-bond donors (Lipinski definition) is 1. The maximum atomic E-state index is 11.7. The van der Waals surface area contributed by atoms with Gasteiger partial charge in [-0.3, -0.25) is 9.59 Å². The third kappa shape index (κ3) is 4.90. The molecule has 18 heavy (non-hydrogen) atoms. The van der Waals surface area contributed by atoms with Crippen LogP contribution in [0.15, 0.2) is 11.6 Å². The van der Waals surface area contributed by atoms with Crippen LogP contribution < -0.4 is 5.32 Å². The van der Waals surface area contributed by atoms with E-state index in [1.54, 1.807) is 0 Å². The molecule has 1 aliphatic rings. The topological polar surface area (TPSA) is 49.4 Å². The van der Waals surface area contributed by atoms with E-state index in [0.29, 0.717) is 19.5 Å². The molecule has 0 unspecified atom stereocenters. The van der Waals surface area contributed by atoms with Gasteiger partial charge in [-0.25, -0.2) is 0 Å². The van der Waals surface area contributed by atoms with Gasteiger partial charge in [0.2, 0.25) is 11.8 Å². The van der Waals surface area contributed by atoms with Gasteiger partial charge in [-0.2, -0.15) is 0 Å². The van der Waals surface area contributed by atoms with E-state index in [9.17, 15) is 9.59 Å². The number of carbonyl (C=O) groups excluding carboxylic acids is 2. The molecule has 0 aromatic carbocycles. The summed E-state index contributed by atoms with van der Waals surface area (Å²) in [6.07, 6.45) is 6.64. The Morgan fingerprint density at radius 1 is 1.39 bits per heavy atom. The van der Waals surface area contributed by atoms with Crippen molar-refractivity contribution in [3.05, 3.63) is 11.6 Å². The summed E-state index contributed by atoms with van der Waals surface area (Å²) in [5.74, 6) is 0.196. The summed E-state index contributed by atoms with van der Waals surface area (Å²) in [6, 6.07) is 0. The van der Waals surface area contributed by atoms with E-state index in [1.165, 1.54) is 0 Å². The number of nitrogens with zero attached hydrogens (tertiary/aromatic N) is 1. The normalized spacial score (nSPS) is 17.6. The van der Waals surface area contributed by atoms with Gasteiger partial charge in [0.1, 0.15) is 0 Å². The molecule has 2 amide bonds. The summed E-state index contributed by atoms with van der Waals surface area (Å²) in [5.41, 5.74) is 0.750. The predicted octanol–water partition coefficient (Wildman–Crippen LogP) is 1.86. The van der Waals surface area contributed by atoms with Crippen LogP contribution in [0.3, 0.4) is 0 Å². The van der Waals surface area contributed by atoms with E-state index < -0.39 is 0 Å². The van der Waals surface area contributed by atoms with Crippen LogP contribution in [0, 0.1) is 0 Å². The molecule has 0 aromatic rings. The molecule has 1 N–H and O–H groups in total. The van der Waals surface area contributed by atoms with Crippen molar-refractivity contribution >= 4 is 11.8 Å². The molecule has 0 aromatic heterocycles. The summed E-state index contributed by atoms with van der Waals surface area (Å²) in [4.78, 5) is 25.2. The lowest BCUT2D eigenvalue weighted by molar-refractivity contribution is -0.131. The lowest BCUT2D eigenvalue weighted by Crippen LogP contribution is -2.38. The van der Waals surface area contributed by atoms with E-state index in [-0.39, 0.29) is 11.8 Å². The van der Waals surface area contributed by atoms with Crippen molar-refractivity contribution in [1.29, 1.82) is 0 Å². The molecular formula is C14H24N2O2. The number of carbonyl (C=O) groups is 2. The van der Waals surface area contributed by atoms with Gasteiger partial charge in [-0.15, -0.1) is 0 Å². The van der Waals surface area contributed by atoms with E-state index in [4.69, 9.17) is 0 Å². The standard InChI is InChI=1S/C14H24N2O2/c1-3-7-12(2)14(18)15-9-11-16-10-6-4-5-8-13(16)17/h7H,3-6,8-11H2,1-2H3,(H,15,18)/b12-7-. The largest absolute Gasteiger partial charge is 0.351 e. The van der Waals surface area contributed by atoms with Gasteiger partial charge >= 0.3 is 0 Å². The molecule has 0 bridgehead atoms. The number of rotatable bonds is 5. The molecule has 0 aliphatic carbocycles.